The predicted octanol–water partition coefficient (Wildman–Crippen LogP) is 12.5. The number of hydrogen-bond acceptors (Lipinski definition) is 3. The summed E-state index contributed by atoms with van der Waals surface area (Å²) in [4.78, 5) is 26.0. The van der Waals surface area contributed by atoms with Gasteiger partial charge >= 0.3 is 5.97 Å². The Bertz CT molecular complexity index is 579. The molecule has 0 unspecified atom stereocenters. The summed E-state index contributed by atoms with van der Waals surface area (Å²) in [7, 11) is 1.72. The molecule has 256 valence electrons. The van der Waals surface area contributed by atoms with Crippen LogP contribution in [0.15, 0.2) is 0 Å². The summed E-state index contributed by atoms with van der Waals surface area (Å²) in [5.74, 6) is -0.209. The number of unbranched alkanes of at least 4 members (excludes halogenated alkanes) is 29. The van der Waals surface area contributed by atoms with Crippen LogP contribution in [0.2, 0.25) is 0 Å². The molecule has 0 atom stereocenters. The molecule has 0 aromatic carbocycles. The summed E-state index contributed by atoms with van der Waals surface area (Å²) in [6, 6.07) is 0. The van der Waals surface area contributed by atoms with E-state index in [1.165, 1.54) is 178 Å². The molecule has 0 N–H and O–H groups in total. The lowest BCUT2D eigenvalue weighted by molar-refractivity contribution is -0.148. The second-order valence-corrected chi connectivity index (χ2v) is 13.5. The van der Waals surface area contributed by atoms with Crippen LogP contribution in [-0.4, -0.2) is 37.0 Å². The lowest BCUT2D eigenvalue weighted by atomic mass is 10.0. The minimum Gasteiger partial charge on any atom is -0.464 e. The van der Waals surface area contributed by atoms with Crippen molar-refractivity contribution < 1.29 is 14.3 Å². The molecular formula is C39H77NO3. The van der Waals surface area contributed by atoms with E-state index in [0.29, 0.717) is 13.0 Å². The minimum absolute atomic E-state index is 0.0617. The van der Waals surface area contributed by atoms with Crippen LogP contribution in [0.3, 0.4) is 0 Å². The molecular weight excluding hydrogens is 530 g/mol. The summed E-state index contributed by atoms with van der Waals surface area (Å²) >= 11 is 0. The standard InChI is InChI=1S/C39H77NO3/c1-4-6-8-10-12-14-16-17-18-19-20-21-22-23-24-26-28-30-32-34-36-43-39(42)37-40(3)38(41)35-33-31-29-27-25-15-13-11-9-7-5-2/h4-37H2,1-3H3. The monoisotopic (exact) mass is 608 g/mol. The number of amides is 1. The van der Waals surface area contributed by atoms with Gasteiger partial charge in [-0.1, -0.05) is 200 Å². The number of carbonyl (C=O) groups is 2. The molecule has 0 saturated heterocycles. The second kappa shape index (κ2) is 35.4. The zero-order chi connectivity index (χ0) is 31.5. The maximum absolute atomic E-state index is 12.3. The largest absolute Gasteiger partial charge is 0.464 e. The third kappa shape index (κ3) is 33.7. The van der Waals surface area contributed by atoms with E-state index in [4.69, 9.17) is 4.74 Å². The number of rotatable bonds is 35. The van der Waals surface area contributed by atoms with E-state index in [0.717, 1.165) is 25.7 Å². The minimum atomic E-state index is -0.271. The number of nitrogens with zero attached hydrogens (tertiary/aromatic N) is 1. The fourth-order valence-corrected chi connectivity index (χ4v) is 6.00. The average Bonchev–Trinajstić information content (AvgIpc) is 3.00. The van der Waals surface area contributed by atoms with Gasteiger partial charge in [0, 0.05) is 13.5 Å². The van der Waals surface area contributed by atoms with Crippen molar-refractivity contribution in [2.75, 3.05) is 20.2 Å². The van der Waals surface area contributed by atoms with Crippen molar-refractivity contribution in [1.82, 2.24) is 4.90 Å². The van der Waals surface area contributed by atoms with E-state index in [2.05, 4.69) is 13.8 Å². The van der Waals surface area contributed by atoms with Gasteiger partial charge in [-0.3, -0.25) is 9.59 Å². The molecule has 4 heteroatoms. The Balaban J connectivity index is 3.35. The van der Waals surface area contributed by atoms with Crippen LogP contribution in [0.5, 0.6) is 0 Å². The summed E-state index contributed by atoms with van der Waals surface area (Å²) in [5.41, 5.74) is 0. The molecule has 0 aliphatic heterocycles. The summed E-state index contributed by atoms with van der Waals surface area (Å²) in [5, 5.41) is 0. The maximum Gasteiger partial charge on any atom is 0.325 e. The van der Waals surface area contributed by atoms with Crippen LogP contribution in [0.25, 0.3) is 0 Å². The Kier molecular flexibility index (Phi) is 34.5. The Labute approximate surface area is 270 Å². The fourth-order valence-electron chi connectivity index (χ4n) is 6.00. The molecule has 0 rings (SSSR count). The molecule has 0 spiro atoms. The van der Waals surface area contributed by atoms with Crippen LogP contribution in [0, 0.1) is 0 Å². The van der Waals surface area contributed by atoms with Gasteiger partial charge in [-0.15, -0.1) is 0 Å². The van der Waals surface area contributed by atoms with Crippen LogP contribution in [-0.2, 0) is 14.3 Å². The van der Waals surface area contributed by atoms with Crippen LogP contribution in [0.4, 0.5) is 0 Å². The van der Waals surface area contributed by atoms with Gasteiger partial charge in [-0.05, 0) is 12.8 Å². The smallest absolute Gasteiger partial charge is 0.325 e. The van der Waals surface area contributed by atoms with E-state index in [1.807, 2.05) is 0 Å². The average molecular weight is 608 g/mol. The summed E-state index contributed by atoms with van der Waals surface area (Å²) in [6.07, 6.45) is 41.9. The predicted molar refractivity (Wildman–Crippen MR) is 188 cm³/mol. The molecule has 0 bridgehead atoms. The summed E-state index contributed by atoms with van der Waals surface area (Å²) in [6.45, 7) is 5.12. The highest BCUT2D eigenvalue weighted by atomic mass is 16.5. The second-order valence-electron chi connectivity index (χ2n) is 13.5. The van der Waals surface area contributed by atoms with Crippen molar-refractivity contribution in [3.8, 4) is 0 Å². The van der Waals surface area contributed by atoms with Gasteiger partial charge < -0.3 is 9.64 Å². The van der Waals surface area contributed by atoms with E-state index in [-0.39, 0.29) is 18.4 Å². The molecule has 0 heterocycles. The molecule has 0 aliphatic rings. The van der Waals surface area contributed by atoms with Crippen molar-refractivity contribution in [1.29, 1.82) is 0 Å². The van der Waals surface area contributed by atoms with Gasteiger partial charge in [0.05, 0.1) is 6.61 Å². The highest BCUT2D eigenvalue weighted by molar-refractivity contribution is 5.81. The molecule has 0 aromatic rings. The molecule has 0 saturated carbocycles. The first-order valence-corrected chi connectivity index (χ1v) is 19.5. The summed E-state index contributed by atoms with van der Waals surface area (Å²) < 4.78 is 5.38. The normalized spacial score (nSPS) is 11.2. The lowest BCUT2D eigenvalue weighted by Crippen LogP contribution is -2.33. The van der Waals surface area contributed by atoms with Crippen LogP contribution >= 0.6 is 0 Å². The lowest BCUT2D eigenvalue weighted by Gasteiger charge is -2.16. The van der Waals surface area contributed by atoms with Crippen molar-refractivity contribution in [2.24, 2.45) is 0 Å². The Hall–Kier alpha value is -1.06. The van der Waals surface area contributed by atoms with Gasteiger partial charge in [0.1, 0.15) is 6.54 Å². The first-order valence-electron chi connectivity index (χ1n) is 19.5. The number of esters is 1. The molecule has 4 nitrogen and oxygen atoms in total. The van der Waals surface area contributed by atoms with Crippen LogP contribution < -0.4 is 0 Å². The van der Waals surface area contributed by atoms with Gasteiger partial charge in [-0.2, -0.15) is 0 Å². The van der Waals surface area contributed by atoms with Crippen molar-refractivity contribution >= 4 is 11.9 Å². The van der Waals surface area contributed by atoms with Gasteiger partial charge in [-0.25, -0.2) is 0 Å². The molecule has 0 aliphatic carbocycles. The van der Waals surface area contributed by atoms with Gasteiger partial charge in [0.15, 0.2) is 0 Å². The van der Waals surface area contributed by atoms with Crippen LogP contribution in [0.1, 0.15) is 219 Å². The van der Waals surface area contributed by atoms with E-state index < -0.39 is 0 Å². The Morgan fingerprint density at radius 3 is 1.02 bits per heavy atom. The van der Waals surface area contributed by atoms with Gasteiger partial charge in [0.2, 0.25) is 5.91 Å². The zero-order valence-corrected chi connectivity index (χ0v) is 29.7. The quantitative estimate of drug-likeness (QED) is 0.0532. The Morgan fingerprint density at radius 1 is 0.419 bits per heavy atom. The van der Waals surface area contributed by atoms with Crippen molar-refractivity contribution in [2.45, 2.75) is 219 Å². The Morgan fingerprint density at radius 2 is 0.698 bits per heavy atom. The number of hydrogen-bond donors (Lipinski definition) is 0. The van der Waals surface area contributed by atoms with Gasteiger partial charge in [0.25, 0.3) is 0 Å². The van der Waals surface area contributed by atoms with Crippen molar-refractivity contribution in [3.05, 3.63) is 0 Å². The highest BCUT2D eigenvalue weighted by Crippen LogP contribution is 2.15. The van der Waals surface area contributed by atoms with E-state index in [1.54, 1.807) is 7.05 Å². The molecule has 1 amide bonds. The third-order valence-corrected chi connectivity index (χ3v) is 9.05. The fraction of sp³-hybridized carbons (Fsp3) is 0.949. The van der Waals surface area contributed by atoms with Crippen molar-refractivity contribution in [3.63, 3.8) is 0 Å². The molecule has 43 heavy (non-hydrogen) atoms. The maximum atomic E-state index is 12.3. The number of carbonyl (C=O) groups excluding carboxylic acids is 2. The topological polar surface area (TPSA) is 46.6 Å². The third-order valence-electron chi connectivity index (χ3n) is 9.05. The number of ether oxygens (including phenoxy) is 1. The molecule has 0 aromatic heterocycles. The van der Waals surface area contributed by atoms with E-state index in [9.17, 15) is 9.59 Å². The first-order chi connectivity index (χ1) is 21.1. The number of likely N-dealkylation sites (N-methyl/N-ethyl adjacent to an activating group) is 1. The first kappa shape index (κ1) is 41.9. The SMILES string of the molecule is CCCCCCCCCCCCCCCCCCCCCCOC(=O)CN(C)C(=O)CCCCCCCCCCCCC. The zero-order valence-electron chi connectivity index (χ0n) is 29.7. The molecule has 0 radical (unpaired) electrons. The van der Waals surface area contributed by atoms with E-state index >= 15 is 0 Å². The molecule has 0 fully saturated rings. The highest BCUT2D eigenvalue weighted by Gasteiger charge is 2.13.